The average Bonchev–Trinajstić information content (AvgIpc) is 2.68. The van der Waals surface area contributed by atoms with Gasteiger partial charge in [-0.05, 0) is 19.1 Å². The zero-order chi connectivity index (χ0) is 13.1. The molecule has 0 spiro atoms. The Morgan fingerprint density at radius 2 is 2.22 bits per heavy atom. The van der Waals surface area contributed by atoms with Crippen LogP contribution in [0.2, 0.25) is 0 Å². The molecule has 0 atom stereocenters. The van der Waals surface area contributed by atoms with Gasteiger partial charge in [0.15, 0.2) is 0 Å². The molecular formula is C12H10F2N2OS. The molecule has 0 fully saturated rings. The molecule has 2 aromatic rings. The van der Waals surface area contributed by atoms with Gasteiger partial charge in [-0.15, -0.1) is 11.3 Å². The first-order valence-electron chi connectivity index (χ1n) is 5.20. The molecule has 6 heteroatoms. The van der Waals surface area contributed by atoms with Crippen LogP contribution in [0.1, 0.15) is 10.7 Å². The maximum Gasteiger partial charge on any atom is 0.230 e. The number of benzene rings is 1. The monoisotopic (exact) mass is 268 g/mol. The van der Waals surface area contributed by atoms with Crippen LogP contribution in [0, 0.1) is 18.6 Å². The lowest BCUT2D eigenvalue weighted by Crippen LogP contribution is -2.15. The van der Waals surface area contributed by atoms with Crippen molar-refractivity contribution in [1.29, 1.82) is 0 Å². The highest BCUT2D eigenvalue weighted by Crippen LogP contribution is 2.15. The van der Waals surface area contributed by atoms with Gasteiger partial charge in [-0.25, -0.2) is 13.8 Å². The molecule has 1 aromatic heterocycles. The van der Waals surface area contributed by atoms with Crippen molar-refractivity contribution in [1.82, 2.24) is 4.98 Å². The molecule has 18 heavy (non-hydrogen) atoms. The molecule has 0 aliphatic carbocycles. The predicted molar refractivity (Wildman–Crippen MR) is 65.5 cm³/mol. The molecule has 1 amide bonds. The zero-order valence-electron chi connectivity index (χ0n) is 9.54. The Morgan fingerprint density at radius 3 is 2.83 bits per heavy atom. The summed E-state index contributed by atoms with van der Waals surface area (Å²) in [4.78, 5) is 15.8. The number of carbonyl (C=O) groups excluding carboxylic acids is 1. The van der Waals surface area contributed by atoms with Crippen LogP contribution in [0.3, 0.4) is 0 Å². The number of amides is 1. The predicted octanol–water partition coefficient (Wildman–Crippen LogP) is 2.91. The second kappa shape index (κ2) is 5.22. The maximum absolute atomic E-state index is 13.3. The van der Waals surface area contributed by atoms with E-state index >= 15 is 0 Å². The minimum absolute atomic E-state index is 0.0339. The van der Waals surface area contributed by atoms with E-state index in [0.717, 1.165) is 17.1 Å². The molecule has 1 heterocycles. The Hall–Kier alpha value is -1.82. The van der Waals surface area contributed by atoms with Crippen LogP contribution in [0.5, 0.6) is 0 Å². The molecule has 1 N–H and O–H groups in total. The van der Waals surface area contributed by atoms with E-state index in [1.807, 2.05) is 6.92 Å². The Balaban J connectivity index is 2.03. The average molecular weight is 268 g/mol. The summed E-state index contributed by atoms with van der Waals surface area (Å²) in [6.45, 7) is 1.84. The summed E-state index contributed by atoms with van der Waals surface area (Å²) in [6.07, 6.45) is 0.0706. The van der Waals surface area contributed by atoms with Crippen molar-refractivity contribution < 1.29 is 13.6 Å². The van der Waals surface area contributed by atoms with E-state index in [4.69, 9.17) is 0 Å². The Bertz CT molecular complexity index is 583. The van der Waals surface area contributed by atoms with Gasteiger partial charge in [-0.3, -0.25) is 4.79 Å². The van der Waals surface area contributed by atoms with Crippen LogP contribution in [-0.2, 0) is 11.2 Å². The first kappa shape index (κ1) is 12.6. The molecular weight excluding hydrogens is 258 g/mol. The third kappa shape index (κ3) is 3.10. The minimum atomic E-state index is -0.794. The fourth-order valence-electron chi connectivity index (χ4n) is 1.44. The molecule has 0 aliphatic heterocycles. The number of aromatic nitrogens is 1. The molecule has 0 saturated heterocycles. The lowest BCUT2D eigenvalue weighted by atomic mass is 10.2. The number of rotatable bonds is 3. The molecule has 0 aliphatic rings. The summed E-state index contributed by atoms with van der Waals surface area (Å²) in [5, 5.41) is 5.02. The number of carbonyl (C=O) groups is 1. The van der Waals surface area contributed by atoms with Gasteiger partial charge in [0.25, 0.3) is 0 Å². The molecule has 0 bridgehead atoms. The van der Waals surface area contributed by atoms with Crippen LogP contribution in [0.25, 0.3) is 0 Å². The summed E-state index contributed by atoms with van der Waals surface area (Å²) in [7, 11) is 0. The van der Waals surface area contributed by atoms with E-state index in [-0.39, 0.29) is 18.0 Å². The van der Waals surface area contributed by atoms with Gasteiger partial charge in [0, 0.05) is 11.4 Å². The van der Waals surface area contributed by atoms with Crippen molar-refractivity contribution in [2.75, 3.05) is 5.32 Å². The SMILES string of the molecule is Cc1nc(CC(=O)Nc2ccc(F)cc2F)cs1. The van der Waals surface area contributed by atoms with Gasteiger partial charge >= 0.3 is 0 Å². The van der Waals surface area contributed by atoms with Crippen molar-refractivity contribution in [3.05, 3.63) is 45.9 Å². The van der Waals surface area contributed by atoms with Crippen LogP contribution >= 0.6 is 11.3 Å². The lowest BCUT2D eigenvalue weighted by Gasteiger charge is -2.05. The van der Waals surface area contributed by atoms with Gasteiger partial charge in [0.05, 0.1) is 22.8 Å². The van der Waals surface area contributed by atoms with Gasteiger partial charge in [-0.1, -0.05) is 0 Å². The first-order chi connectivity index (χ1) is 8.54. The van der Waals surface area contributed by atoms with E-state index in [1.54, 1.807) is 5.38 Å². The maximum atomic E-state index is 13.3. The van der Waals surface area contributed by atoms with E-state index in [9.17, 15) is 13.6 Å². The topological polar surface area (TPSA) is 42.0 Å². The van der Waals surface area contributed by atoms with Crippen molar-refractivity contribution in [3.63, 3.8) is 0 Å². The molecule has 0 unspecified atom stereocenters. The Labute approximate surface area is 106 Å². The van der Waals surface area contributed by atoms with E-state index in [1.165, 1.54) is 17.4 Å². The van der Waals surface area contributed by atoms with Crippen LogP contribution in [-0.4, -0.2) is 10.9 Å². The smallest absolute Gasteiger partial charge is 0.230 e. The molecule has 0 radical (unpaired) electrons. The van der Waals surface area contributed by atoms with E-state index in [2.05, 4.69) is 10.3 Å². The molecule has 1 aromatic carbocycles. The van der Waals surface area contributed by atoms with Crippen molar-refractivity contribution in [2.45, 2.75) is 13.3 Å². The third-order valence-corrected chi connectivity index (χ3v) is 3.04. The molecule has 2 rings (SSSR count). The zero-order valence-corrected chi connectivity index (χ0v) is 10.4. The van der Waals surface area contributed by atoms with E-state index in [0.29, 0.717) is 5.69 Å². The van der Waals surface area contributed by atoms with Crippen LogP contribution in [0.4, 0.5) is 14.5 Å². The number of nitrogens with one attached hydrogen (secondary N) is 1. The number of nitrogens with zero attached hydrogens (tertiary/aromatic N) is 1. The highest BCUT2D eigenvalue weighted by Gasteiger charge is 2.10. The number of thiazole rings is 1. The van der Waals surface area contributed by atoms with E-state index < -0.39 is 11.6 Å². The second-order valence-electron chi connectivity index (χ2n) is 3.71. The Morgan fingerprint density at radius 1 is 1.44 bits per heavy atom. The van der Waals surface area contributed by atoms with Gasteiger partial charge < -0.3 is 5.32 Å². The highest BCUT2D eigenvalue weighted by atomic mass is 32.1. The van der Waals surface area contributed by atoms with Gasteiger partial charge in [0.2, 0.25) is 5.91 Å². The minimum Gasteiger partial charge on any atom is -0.323 e. The van der Waals surface area contributed by atoms with Gasteiger partial charge in [0.1, 0.15) is 11.6 Å². The third-order valence-electron chi connectivity index (χ3n) is 2.21. The summed E-state index contributed by atoms with van der Waals surface area (Å²) < 4.78 is 26.0. The quantitative estimate of drug-likeness (QED) is 0.930. The number of anilines is 1. The fraction of sp³-hybridized carbons (Fsp3) is 0.167. The number of halogens is 2. The summed E-state index contributed by atoms with van der Waals surface area (Å²) in [6, 6.07) is 3.00. The Kier molecular flexibility index (Phi) is 3.66. The van der Waals surface area contributed by atoms with Crippen molar-refractivity contribution in [3.8, 4) is 0 Å². The van der Waals surface area contributed by atoms with Gasteiger partial charge in [-0.2, -0.15) is 0 Å². The number of hydrogen-bond acceptors (Lipinski definition) is 3. The summed E-state index contributed by atoms with van der Waals surface area (Å²) >= 11 is 1.44. The first-order valence-corrected chi connectivity index (χ1v) is 6.08. The fourth-order valence-corrected chi connectivity index (χ4v) is 2.05. The highest BCUT2D eigenvalue weighted by molar-refractivity contribution is 7.09. The summed E-state index contributed by atoms with van der Waals surface area (Å²) in [5.74, 6) is -1.86. The second-order valence-corrected chi connectivity index (χ2v) is 4.77. The van der Waals surface area contributed by atoms with Crippen LogP contribution < -0.4 is 5.32 Å². The lowest BCUT2D eigenvalue weighted by molar-refractivity contribution is -0.115. The number of hydrogen-bond donors (Lipinski definition) is 1. The molecule has 3 nitrogen and oxygen atoms in total. The van der Waals surface area contributed by atoms with Crippen molar-refractivity contribution in [2.24, 2.45) is 0 Å². The standard InChI is InChI=1S/C12H10F2N2OS/c1-7-15-9(6-18-7)5-12(17)16-11-3-2-8(13)4-10(11)14/h2-4,6H,5H2,1H3,(H,16,17). The van der Waals surface area contributed by atoms with Crippen LogP contribution in [0.15, 0.2) is 23.6 Å². The largest absolute Gasteiger partial charge is 0.323 e. The molecule has 0 saturated carbocycles. The number of aryl methyl sites for hydroxylation is 1. The normalized spacial score (nSPS) is 10.4. The summed E-state index contributed by atoms with van der Waals surface area (Å²) in [5.41, 5.74) is 0.603. The van der Waals surface area contributed by atoms with Crippen molar-refractivity contribution >= 4 is 22.9 Å². The molecule has 94 valence electrons.